The van der Waals surface area contributed by atoms with Crippen LogP contribution in [0.3, 0.4) is 0 Å². The van der Waals surface area contributed by atoms with Gasteiger partial charge in [0.25, 0.3) is 0 Å². The van der Waals surface area contributed by atoms with E-state index in [0.717, 1.165) is 0 Å². The molecule has 0 bridgehead atoms. The molecule has 0 spiro atoms. The van der Waals surface area contributed by atoms with Crippen molar-refractivity contribution in [3.8, 4) is 17.2 Å². The van der Waals surface area contributed by atoms with Crippen LogP contribution in [0.5, 0.6) is 17.2 Å². The van der Waals surface area contributed by atoms with Crippen LogP contribution in [0.2, 0.25) is 0 Å². The molecule has 0 aliphatic rings. The number of hydrogen-bond donors (Lipinski definition) is 0. The number of para-hydroxylation sites is 1. The third-order valence-electron chi connectivity index (χ3n) is 3.78. The fourth-order valence-corrected chi connectivity index (χ4v) is 2.73. The number of ether oxygens (including phenoxy) is 3. The number of fused-ring (bicyclic) bond motifs is 1. The normalized spacial score (nSPS) is 11.5. The second-order valence-electron chi connectivity index (χ2n) is 7.82. The summed E-state index contributed by atoms with van der Waals surface area (Å²) >= 11 is 0. The van der Waals surface area contributed by atoms with E-state index in [1.54, 1.807) is 62.4 Å². The fraction of sp³-hybridized carbons (Fsp3) is 0.304. The Kier molecular flexibility index (Phi) is 5.64. The molecule has 6 nitrogen and oxygen atoms in total. The van der Waals surface area contributed by atoms with E-state index in [0.29, 0.717) is 16.7 Å². The highest BCUT2D eigenvalue weighted by molar-refractivity contribution is 5.96. The van der Waals surface area contributed by atoms with Crippen molar-refractivity contribution in [1.29, 1.82) is 0 Å². The van der Waals surface area contributed by atoms with Gasteiger partial charge >= 0.3 is 11.6 Å². The van der Waals surface area contributed by atoms with Crippen LogP contribution in [0, 0.1) is 0 Å². The Hall–Kier alpha value is -3.28. The first-order valence-electron chi connectivity index (χ1n) is 9.38. The predicted molar refractivity (Wildman–Crippen MR) is 110 cm³/mol. The molecule has 29 heavy (non-hydrogen) atoms. The summed E-state index contributed by atoms with van der Waals surface area (Å²) < 4.78 is 22.7. The Balaban J connectivity index is 2.19. The minimum Gasteiger partial charge on any atom is -0.484 e. The Morgan fingerprint density at radius 2 is 1.66 bits per heavy atom. The summed E-state index contributed by atoms with van der Waals surface area (Å²) in [5.74, 6) is -0.365. The molecule has 3 aromatic rings. The molecular weight excluding hydrogens is 372 g/mol. The van der Waals surface area contributed by atoms with E-state index in [2.05, 4.69) is 0 Å². The highest BCUT2D eigenvalue weighted by Crippen LogP contribution is 2.38. The van der Waals surface area contributed by atoms with Gasteiger partial charge in [-0.1, -0.05) is 24.3 Å². The maximum atomic E-state index is 12.7. The van der Waals surface area contributed by atoms with Crippen molar-refractivity contribution < 1.29 is 23.4 Å². The number of benzene rings is 2. The second-order valence-corrected chi connectivity index (χ2v) is 7.82. The summed E-state index contributed by atoms with van der Waals surface area (Å²) in [6.07, 6.45) is -0.321. The molecule has 0 atom stereocenters. The van der Waals surface area contributed by atoms with Crippen LogP contribution in [0.25, 0.3) is 11.0 Å². The highest BCUT2D eigenvalue weighted by Gasteiger charge is 2.25. The van der Waals surface area contributed by atoms with Crippen LogP contribution in [0.4, 0.5) is 0 Å². The van der Waals surface area contributed by atoms with Gasteiger partial charge in [0.15, 0.2) is 17.1 Å². The highest BCUT2D eigenvalue weighted by atomic mass is 16.6. The monoisotopic (exact) mass is 396 g/mol. The smallest absolute Gasteiger partial charge is 0.383 e. The number of rotatable bonds is 5. The van der Waals surface area contributed by atoms with Gasteiger partial charge in [-0.05, 0) is 58.9 Å². The third kappa shape index (κ3) is 4.77. The van der Waals surface area contributed by atoms with Crippen molar-refractivity contribution >= 4 is 16.9 Å². The first-order chi connectivity index (χ1) is 13.7. The van der Waals surface area contributed by atoms with Crippen molar-refractivity contribution in [1.82, 2.24) is 0 Å². The molecule has 0 aliphatic carbocycles. The van der Waals surface area contributed by atoms with E-state index in [1.165, 1.54) is 0 Å². The van der Waals surface area contributed by atoms with Crippen molar-refractivity contribution in [3.63, 3.8) is 0 Å². The van der Waals surface area contributed by atoms with Crippen LogP contribution >= 0.6 is 0 Å². The van der Waals surface area contributed by atoms with Gasteiger partial charge in [0, 0.05) is 0 Å². The van der Waals surface area contributed by atoms with E-state index in [1.807, 2.05) is 20.8 Å². The van der Waals surface area contributed by atoms with Crippen LogP contribution < -0.4 is 19.8 Å². The molecule has 0 fully saturated rings. The quantitative estimate of drug-likeness (QED) is 0.447. The molecule has 1 heterocycles. The van der Waals surface area contributed by atoms with Gasteiger partial charge in [0.05, 0.1) is 17.1 Å². The summed E-state index contributed by atoms with van der Waals surface area (Å²) in [4.78, 5) is 25.4. The van der Waals surface area contributed by atoms with Crippen LogP contribution in [0.15, 0.2) is 57.7 Å². The maximum absolute atomic E-state index is 12.7. The average molecular weight is 396 g/mol. The summed E-state index contributed by atoms with van der Waals surface area (Å²) in [5, 5.41) is 0.409. The fourth-order valence-electron chi connectivity index (χ4n) is 2.73. The molecule has 0 unspecified atom stereocenters. The molecule has 0 aliphatic heterocycles. The Labute approximate surface area is 169 Å². The zero-order valence-corrected chi connectivity index (χ0v) is 17.1. The van der Waals surface area contributed by atoms with E-state index in [9.17, 15) is 9.59 Å². The number of esters is 1. The summed E-state index contributed by atoms with van der Waals surface area (Å²) in [5.41, 5.74) is -0.709. The standard InChI is InChI=1S/C23H24O6/c1-14(2)26-20-19(28-21(24)15-10-7-6-8-11-15)16-12-9-13-17(29-23(3,4)5)18(16)27-22(20)25/h6-14H,1-5H3. The predicted octanol–water partition coefficient (Wildman–Crippen LogP) is 4.98. The van der Waals surface area contributed by atoms with Gasteiger partial charge < -0.3 is 18.6 Å². The van der Waals surface area contributed by atoms with Gasteiger partial charge in [-0.2, -0.15) is 0 Å². The van der Waals surface area contributed by atoms with Crippen LogP contribution in [-0.2, 0) is 0 Å². The van der Waals surface area contributed by atoms with Gasteiger partial charge in [0.2, 0.25) is 5.75 Å². The first-order valence-corrected chi connectivity index (χ1v) is 9.38. The van der Waals surface area contributed by atoms with Crippen molar-refractivity contribution in [2.24, 2.45) is 0 Å². The minimum absolute atomic E-state index is 0.0122. The van der Waals surface area contributed by atoms with E-state index in [-0.39, 0.29) is 23.2 Å². The lowest BCUT2D eigenvalue weighted by atomic mass is 10.1. The lowest BCUT2D eigenvalue weighted by Gasteiger charge is -2.22. The zero-order valence-electron chi connectivity index (χ0n) is 17.1. The third-order valence-corrected chi connectivity index (χ3v) is 3.78. The maximum Gasteiger partial charge on any atom is 0.383 e. The van der Waals surface area contributed by atoms with E-state index < -0.39 is 17.2 Å². The number of carbonyl (C=O) groups excluding carboxylic acids is 1. The van der Waals surface area contributed by atoms with Crippen LogP contribution in [0.1, 0.15) is 45.0 Å². The molecular formula is C23H24O6. The van der Waals surface area contributed by atoms with E-state index >= 15 is 0 Å². The molecule has 0 saturated heterocycles. The van der Waals surface area contributed by atoms with Crippen molar-refractivity contribution in [2.75, 3.05) is 0 Å². The Morgan fingerprint density at radius 1 is 0.966 bits per heavy atom. The number of hydrogen-bond acceptors (Lipinski definition) is 6. The van der Waals surface area contributed by atoms with Gasteiger partial charge in [-0.3, -0.25) is 0 Å². The van der Waals surface area contributed by atoms with E-state index in [4.69, 9.17) is 18.6 Å². The Bertz CT molecular complexity index is 1070. The Morgan fingerprint density at radius 3 is 2.28 bits per heavy atom. The number of carbonyl (C=O) groups is 1. The van der Waals surface area contributed by atoms with Gasteiger partial charge in [-0.25, -0.2) is 9.59 Å². The molecule has 0 radical (unpaired) electrons. The van der Waals surface area contributed by atoms with Gasteiger partial charge in [-0.15, -0.1) is 0 Å². The summed E-state index contributed by atoms with van der Waals surface area (Å²) in [6.45, 7) is 9.20. The zero-order chi connectivity index (χ0) is 21.2. The molecule has 1 aromatic heterocycles. The molecule has 0 amide bonds. The van der Waals surface area contributed by atoms with Crippen molar-refractivity contribution in [3.05, 3.63) is 64.5 Å². The minimum atomic E-state index is -0.743. The van der Waals surface area contributed by atoms with Crippen LogP contribution in [-0.4, -0.2) is 17.7 Å². The average Bonchev–Trinajstić information content (AvgIpc) is 2.64. The molecule has 152 valence electrons. The summed E-state index contributed by atoms with van der Waals surface area (Å²) in [6, 6.07) is 13.6. The molecule has 6 heteroatoms. The van der Waals surface area contributed by atoms with Crippen molar-refractivity contribution in [2.45, 2.75) is 46.3 Å². The first kappa shape index (κ1) is 20.5. The SMILES string of the molecule is CC(C)Oc1c(OC(=O)c2ccccc2)c2cccc(OC(C)(C)C)c2oc1=O. The molecule has 3 rings (SSSR count). The van der Waals surface area contributed by atoms with Gasteiger partial charge in [0.1, 0.15) is 5.60 Å². The molecule has 0 N–H and O–H groups in total. The molecule has 2 aromatic carbocycles. The second kappa shape index (κ2) is 7.99. The molecule has 0 saturated carbocycles. The lowest BCUT2D eigenvalue weighted by molar-refractivity contribution is 0.0725. The lowest BCUT2D eigenvalue weighted by Crippen LogP contribution is -2.23. The largest absolute Gasteiger partial charge is 0.484 e. The summed E-state index contributed by atoms with van der Waals surface area (Å²) in [7, 11) is 0. The topological polar surface area (TPSA) is 75.0 Å².